The number of nitrogens with zero attached hydrogens (tertiary/aromatic N) is 2. The third-order valence-corrected chi connectivity index (χ3v) is 3.86. The Bertz CT molecular complexity index is 260. The van der Waals surface area contributed by atoms with Crippen molar-refractivity contribution in [2.45, 2.75) is 45.6 Å². The molecule has 2 fully saturated rings. The summed E-state index contributed by atoms with van der Waals surface area (Å²) < 4.78 is 5.30. The molecule has 0 unspecified atom stereocenters. The van der Waals surface area contributed by atoms with Crippen molar-refractivity contribution in [3.8, 4) is 0 Å². The molecule has 0 bridgehead atoms. The zero-order valence-electron chi connectivity index (χ0n) is 13.1. The summed E-state index contributed by atoms with van der Waals surface area (Å²) >= 11 is 0. The van der Waals surface area contributed by atoms with Gasteiger partial charge in [-0.1, -0.05) is 13.8 Å². The van der Waals surface area contributed by atoms with Crippen LogP contribution >= 0.6 is 0 Å². The van der Waals surface area contributed by atoms with Crippen molar-refractivity contribution >= 4 is 5.91 Å². The number of carbonyl (C=O) groups excluding carboxylic acids is 1. The topological polar surface area (TPSA) is 58.8 Å². The molecule has 2 rings (SSSR count). The number of piperidine rings is 1. The van der Waals surface area contributed by atoms with Crippen LogP contribution in [-0.2, 0) is 9.53 Å². The van der Waals surface area contributed by atoms with E-state index in [9.17, 15) is 4.79 Å². The highest BCUT2D eigenvalue weighted by Gasteiger charge is 2.20. The number of hydrogen-bond donors (Lipinski definition) is 1. The number of amides is 1. The molecule has 0 spiro atoms. The Morgan fingerprint density at radius 3 is 2.35 bits per heavy atom. The minimum absolute atomic E-state index is 0.294. The summed E-state index contributed by atoms with van der Waals surface area (Å²) in [7, 11) is 0. The number of hydrogen-bond acceptors (Lipinski definition) is 4. The van der Waals surface area contributed by atoms with Gasteiger partial charge in [0.25, 0.3) is 0 Å². The number of likely N-dealkylation sites (tertiary alicyclic amines) is 1. The van der Waals surface area contributed by atoms with Gasteiger partial charge in [-0.3, -0.25) is 9.69 Å². The third kappa shape index (κ3) is 6.20. The van der Waals surface area contributed by atoms with E-state index in [1.807, 2.05) is 18.7 Å². The minimum atomic E-state index is 0.294. The molecule has 2 aliphatic heterocycles. The van der Waals surface area contributed by atoms with Gasteiger partial charge in [-0.2, -0.15) is 0 Å². The van der Waals surface area contributed by atoms with E-state index in [1.54, 1.807) is 0 Å². The number of morpholine rings is 1. The summed E-state index contributed by atoms with van der Waals surface area (Å²) in [4.78, 5) is 16.3. The van der Waals surface area contributed by atoms with Crippen molar-refractivity contribution < 1.29 is 9.53 Å². The minimum Gasteiger partial charge on any atom is -0.379 e. The Morgan fingerprint density at radius 2 is 1.75 bits per heavy atom. The fourth-order valence-electron chi connectivity index (χ4n) is 2.59. The van der Waals surface area contributed by atoms with Gasteiger partial charge in [-0.05, 0) is 25.8 Å². The van der Waals surface area contributed by atoms with Crippen molar-refractivity contribution in [1.29, 1.82) is 0 Å². The van der Waals surface area contributed by atoms with Gasteiger partial charge in [0.05, 0.1) is 13.2 Å². The van der Waals surface area contributed by atoms with Gasteiger partial charge >= 0.3 is 0 Å². The summed E-state index contributed by atoms with van der Waals surface area (Å²) in [5.74, 6) is 0.301. The molecule has 0 aromatic carbocycles. The Morgan fingerprint density at radius 1 is 1.15 bits per heavy atom. The van der Waals surface area contributed by atoms with Crippen molar-refractivity contribution in [1.82, 2.24) is 9.80 Å². The lowest BCUT2D eigenvalue weighted by Crippen LogP contribution is -2.43. The fraction of sp³-hybridized carbons (Fsp3) is 0.933. The van der Waals surface area contributed by atoms with Gasteiger partial charge in [0.2, 0.25) is 5.91 Å². The molecule has 118 valence electrons. The second-order valence-corrected chi connectivity index (χ2v) is 5.28. The van der Waals surface area contributed by atoms with E-state index in [4.69, 9.17) is 10.5 Å². The van der Waals surface area contributed by atoms with E-state index in [1.165, 1.54) is 0 Å². The van der Waals surface area contributed by atoms with Crippen molar-refractivity contribution in [2.75, 3.05) is 45.9 Å². The van der Waals surface area contributed by atoms with Crippen LogP contribution in [0.4, 0.5) is 0 Å². The van der Waals surface area contributed by atoms with Crippen LogP contribution in [0.2, 0.25) is 0 Å². The van der Waals surface area contributed by atoms with Crippen LogP contribution < -0.4 is 5.73 Å². The van der Waals surface area contributed by atoms with Gasteiger partial charge in [0, 0.05) is 38.6 Å². The second kappa shape index (κ2) is 10.1. The molecule has 2 N–H and O–H groups in total. The van der Waals surface area contributed by atoms with Crippen LogP contribution in [0.3, 0.4) is 0 Å². The molecular formula is C15H31N3O2. The highest BCUT2D eigenvalue weighted by atomic mass is 16.5. The first-order valence-electron chi connectivity index (χ1n) is 8.09. The van der Waals surface area contributed by atoms with E-state index in [0.29, 0.717) is 18.4 Å². The highest BCUT2D eigenvalue weighted by molar-refractivity contribution is 5.76. The molecule has 1 amide bonds. The van der Waals surface area contributed by atoms with Gasteiger partial charge in [0.1, 0.15) is 0 Å². The zero-order valence-corrected chi connectivity index (χ0v) is 13.1. The second-order valence-electron chi connectivity index (χ2n) is 5.28. The molecule has 2 aliphatic rings. The number of nitrogens with two attached hydrogens (primary N) is 1. The van der Waals surface area contributed by atoms with Crippen molar-refractivity contribution in [3.63, 3.8) is 0 Å². The molecule has 0 aliphatic carbocycles. The maximum Gasteiger partial charge on any atom is 0.222 e. The molecule has 0 aromatic rings. The third-order valence-electron chi connectivity index (χ3n) is 3.86. The van der Waals surface area contributed by atoms with Crippen molar-refractivity contribution in [3.05, 3.63) is 0 Å². The van der Waals surface area contributed by atoms with Gasteiger partial charge in [0.15, 0.2) is 0 Å². The maximum absolute atomic E-state index is 12.0. The van der Waals surface area contributed by atoms with Crippen LogP contribution in [-0.4, -0.2) is 67.7 Å². The summed E-state index contributed by atoms with van der Waals surface area (Å²) in [6.07, 6.45) is 3.54. The first-order valence-corrected chi connectivity index (χ1v) is 8.09. The molecule has 0 atom stereocenters. The summed E-state index contributed by atoms with van der Waals surface area (Å²) in [6, 6.07) is 0.294. The molecule has 5 nitrogen and oxygen atoms in total. The normalized spacial score (nSPS) is 21.2. The lowest BCUT2D eigenvalue weighted by atomic mass is 10.1. The Balaban J connectivity index is 0.000000956. The maximum atomic E-state index is 12.0. The Hall–Kier alpha value is -0.650. The van der Waals surface area contributed by atoms with Crippen molar-refractivity contribution in [2.24, 2.45) is 5.73 Å². The van der Waals surface area contributed by atoms with E-state index in [-0.39, 0.29) is 0 Å². The fourth-order valence-corrected chi connectivity index (χ4v) is 2.59. The lowest BCUT2D eigenvalue weighted by Gasteiger charge is -2.31. The first kappa shape index (κ1) is 17.4. The molecule has 2 saturated heterocycles. The van der Waals surface area contributed by atoms with E-state index >= 15 is 0 Å². The predicted molar refractivity (Wildman–Crippen MR) is 81.6 cm³/mol. The van der Waals surface area contributed by atoms with E-state index in [0.717, 1.165) is 65.2 Å². The van der Waals surface area contributed by atoms with Crippen LogP contribution in [0.5, 0.6) is 0 Å². The molecule has 2 heterocycles. The average molecular weight is 285 g/mol. The van der Waals surface area contributed by atoms with Crippen LogP contribution in [0.25, 0.3) is 0 Å². The monoisotopic (exact) mass is 285 g/mol. The molecule has 0 radical (unpaired) electrons. The summed E-state index contributed by atoms with van der Waals surface area (Å²) in [5.41, 5.74) is 5.84. The molecule has 0 saturated carbocycles. The predicted octanol–water partition coefficient (Wildman–Crippen LogP) is 1.07. The van der Waals surface area contributed by atoms with Gasteiger partial charge in [-0.15, -0.1) is 0 Å². The van der Waals surface area contributed by atoms with Crippen LogP contribution in [0.15, 0.2) is 0 Å². The standard InChI is InChI=1S/C13H25N3O2.C2H6/c14-12-3-6-16(7-4-12)13(17)2-1-5-15-8-10-18-11-9-15;1-2/h12H,1-11,14H2;1-2H3. The van der Waals surface area contributed by atoms with Gasteiger partial charge < -0.3 is 15.4 Å². The highest BCUT2D eigenvalue weighted by Crippen LogP contribution is 2.10. The number of carbonyl (C=O) groups is 1. The largest absolute Gasteiger partial charge is 0.379 e. The molecular weight excluding hydrogens is 254 g/mol. The smallest absolute Gasteiger partial charge is 0.222 e. The van der Waals surface area contributed by atoms with E-state index < -0.39 is 0 Å². The van der Waals surface area contributed by atoms with Crippen LogP contribution in [0, 0.1) is 0 Å². The average Bonchev–Trinajstić information content (AvgIpc) is 2.51. The van der Waals surface area contributed by atoms with E-state index in [2.05, 4.69) is 4.90 Å². The quantitative estimate of drug-likeness (QED) is 0.839. The number of rotatable bonds is 4. The Labute approximate surface area is 123 Å². The summed E-state index contributed by atoms with van der Waals surface area (Å²) in [5, 5.41) is 0. The molecule has 20 heavy (non-hydrogen) atoms. The lowest BCUT2D eigenvalue weighted by molar-refractivity contribution is -0.132. The Kier molecular flexibility index (Phi) is 8.82. The first-order chi connectivity index (χ1) is 9.75. The number of ether oxygens (including phenoxy) is 1. The summed E-state index contributed by atoms with van der Waals surface area (Å²) in [6.45, 7) is 10.4. The van der Waals surface area contributed by atoms with Gasteiger partial charge in [-0.25, -0.2) is 0 Å². The molecule has 5 heteroatoms. The SMILES string of the molecule is CC.NC1CCN(C(=O)CCCN2CCOCC2)CC1. The van der Waals surface area contributed by atoms with Crippen LogP contribution in [0.1, 0.15) is 39.5 Å². The zero-order chi connectivity index (χ0) is 14.8. The molecule has 0 aromatic heterocycles.